The normalized spacial score (nSPS) is 11.0. The number of aromatic nitrogens is 1. The molecule has 2 rings (SSSR count). The van der Waals surface area contributed by atoms with Crippen molar-refractivity contribution in [3.8, 4) is 11.6 Å². The number of ether oxygens (including phenoxy) is 1. The van der Waals surface area contributed by atoms with Gasteiger partial charge in [0.1, 0.15) is 5.75 Å². The zero-order chi connectivity index (χ0) is 15.4. The first-order valence-corrected chi connectivity index (χ1v) is 7.47. The molecule has 112 valence electrons. The third kappa shape index (κ3) is 4.45. The molecule has 4 heteroatoms. The summed E-state index contributed by atoms with van der Waals surface area (Å²) in [6, 6.07) is 10.1. The second-order valence-electron chi connectivity index (χ2n) is 5.47. The predicted molar refractivity (Wildman–Crippen MR) is 87.2 cm³/mol. The first-order valence-electron chi connectivity index (χ1n) is 7.09. The van der Waals surface area contributed by atoms with Gasteiger partial charge in [0.25, 0.3) is 0 Å². The van der Waals surface area contributed by atoms with Crippen LogP contribution >= 0.6 is 11.6 Å². The molecule has 0 fully saturated rings. The highest BCUT2D eigenvalue weighted by Crippen LogP contribution is 2.29. The van der Waals surface area contributed by atoms with E-state index in [4.69, 9.17) is 16.3 Å². The number of pyridine rings is 1. The summed E-state index contributed by atoms with van der Waals surface area (Å²) in [5, 5.41) is 3.97. The minimum Gasteiger partial charge on any atom is -0.437 e. The minimum absolute atomic E-state index is 0.450. The fourth-order valence-electron chi connectivity index (χ4n) is 1.93. The summed E-state index contributed by atoms with van der Waals surface area (Å²) in [5.74, 6) is 1.20. The molecule has 1 N–H and O–H groups in total. The van der Waals surface area contributed by atoms with Gasteiger partial charge in [0, 0.05) is 24.3 Å². The Bertz CT molecular complexity index is 626. The Balaban J connectivity index is 2.14. The second-order valence-corrected chi connectivity index (χ2v) is 5.87. The van der Waals surface area contributed by atoms with Gasteiger partial charge in [-0.1, -0.05) is 37.6 Å². The van der Waals surface area contributed by atoms with Crippen LogP contribution in [-0.2, 0) is 6.54 Å². The van der Waals surface area contributed by atoms with Gasteiger partial charge < -0.3 is 10.1 Å². The van der Waals surface area contributed by atoms with Crippen molar-refractivity contribution >= 4 is 11.6 Å². The fourth-order valence-corrected chi connectivity index (χ4v) is 2.08. The lowest BCUT2D eigenvalue weighted by molar-refractivity contribution is 0.460. The van der Waals surface area contributed by atoms with Gasteiger partial charge in [-0.25, -0.2) is 4.98 Å². The minimum atomic E-state index is 0.450. The quantitative estimate of drug-likeness (QED) is 0.873. The number of hydrogen-bond donors (Lipinski definition) is 1. The number of nitrogens with one attached hydrogen (secondary N) is 1. The van der Waals surface area contributed by atoms with Crippen LogP contribution in [0.3, 0.4) is 0 Å². The Hall–Kier alpha value is -1.58. The van der Waals surface area contributed by atoms with Crippen LogP contribution in [0.5, 0.6) is 11.6 Å². The summed E-state index contributed by atoms with van der Waals surface area (Å²) in [5.41, 5.74) is 3.24. The van der Waals surface area contributed by atoms with E-state index in [1.807, 2.05) is 44.2 Å². The van der Waals surface area contributed by atoms with Crippen LogP contribution in [0.4, 0.5) is 0 Å². The Morgan fingerprint density at radius 3 is 2.62 bits per heavy atom. The molecule has 0 aliphatic carbocycles. The highest BCUT2D eigenvalue weighted by Gasteiger charge is 2.07. The van der Waals surface area contributed by atoms with Crippen LogP contribution in [0, 0.1) is 13.8 Å². The lowest BCUT2D eigenvalue weighted by atomic mass is 10.2. The third-order valence-electron chi connectivity index (χ3n) is 3.17. The summed E-state index contributed by atoms with van der Waals surface area (Å²) >= 11 is 6.14. The van der Waals surface area contributed by atoms with Gasteiger partial charge in [0.2, 0.25) is 5.88 Å². The average molecular weight is 305 g/mol. The lowest BCUT2D eigenvalue weighted by Gasteiger charge is -2.12. The monoisotopic (exact) mass is 304 g/mol. The van der Waals surface area contributed by atoms with Crippen molar-refractivity contribution in [2.24, 2.45) is 0 Å². The van der Waals surface area contributed by atoms with Crippen molar-refractivity contribution in [1.29, 1.82) is 0 Å². The highest BCUT2D eigenvalue weighted by atomic mass is 35.5. The van der Waals surface area contributed by atoms with Gasteiger partial charge >= 0.3 is 0 Å². The van der Waals surface area contributed by atoms with Crippen LogP contribution in [0.15, 0.2) is 30.3 Å². The summed E-state index contributed by atoms with van der Waals surface area (Å²) in [4.78, 5) is 4.50. The average Bonchev–Trinajstić information content (AvgIpc) is 2.42. The first-order chi connectivity index (χ1) is 9.95. The van der Waals surface area contributed by atoms with Crippen molar-refractivity contribution < 1.29 is 4.74 Å². The lowest BCUT2D eigenvalue weighted by Crippen LogP contribution is -2.22. The molecule has 0 radical (unpaired) electrons. The number of nitrogens with zero attached hydrogens (tertiary/aromatic N) is 1. The molecule has 0 aliphatic rings. The molecule has 0 unspecified atom stereocenters. The van der Waals surface area contributed by atoms with Gasteiger partial charge in [0.15, 0.2) is 0 Å². The van der Waals surface area contributed by atoms with Crippen molar-refractivity contribution in [2.45, 2.75) is 40.3 Å². The molecule has 1 aromatic carbocycles. The van der Waals surface area contributed by atoms with Gasteiger partial charge in [-0.05, 0) is 37.1 Å². The van der Waals surface area contributed by atoms with E-state index in [1.54, 1.807) is 0 Å². The van der Waals surface area contributed by atoms with E-state index in [1.165, 1.54) is 5.56 Å². The molecule has 21 heavy (non-hydrogen) atoms. The Labute approximate surface area is 131 Å². The van der Waals surface area contributed by atoms with E-state index in [9.17, 15) is 0 Å². The maximum absolute atomic E-state index is 6.14. The smallest absolute Gasteiger partial charge is 0.219 e. The van der Waals surface area contributed by atoms with Crippen LogP contribution in [0.25, 0.3) is 0 Å². The molecule has 3 nitrogen and oxygen atoms in total. The Morgan fingerprint density at radius 1 is 1.19 bits per heavy atom. The molecule has 0 bridgehead atoms. The highest BCUT2D eigenvalue weighted by molar-refractivity contribution is 6.32. The topological polar surface area (TPSA) is 34.1 Å². The van der Waals surface area contributed by atoms with Crippen LogP contribution < -0.4 is 10.1 Å². The summed E-state index contributed by atoms with van der Waals surface area (Å²) in [6.07, 6.45) is 0. The molecule has 0 aliphatic heterocycles. The zero-order valence-corrected chi connectivity index (χ0v) is 13.7. The SMILES string of the molecule is Cc1ccc(Cl)c(Oc2ccc(CNC(C)C)c(C)n2)c1. The van der Waals surface area contributed by atoms with E-state index in [2.05, 4.69) is 24.1 Å². The maximum Gasteiger partial charge on any atom is 0.219 e. The van der Waals surface area contributed by atoms with Gasteiger partial charge in [-0.2, -0.15) is 0 Å². The molecule has 1 aromatic heterocycles. The van der Waals surface area contributed by atoms with E-state index < -0.39 is 0 Å². The molecule has 2 aromatic rings. The largest absolute Gasteiger partial charge is 0.437 e. The van der Waals surface area contributed by atoms with Gasteiger partial charge in [-0.15, -0.1) is 0 Å². The van der Waals surface area contributed by atoms with E-state index >= 15 is 0 Å². The van der Waals surface area contributed by atoms with Gasteiger partial charge in [0.05, 0.1) is 5.02 Å². The van der Waals surface area contributed by atoms with Crippen LogP contribution in [0.2, 0.25) is 5.02 Å². The standard InChI is InChI=1S/C17H21ClN2O/c1-11(2)19-10-14-6-8-17(20-13(14)4)21-16-9-12(3)5-7-15(16)18/h5-9,11,19H,10H2,1-4H3. The van der Waals surface area contributed by atoms with Crippen molar-refractivity contribution in [3.05, 3.63) is 52.2 Å². The van der Waals surface area contributed by atoms with Crippen molar-refractivity contribution in [1.82, 2.24) is 10.3 Å². The van der Waals surface area contributed by atoms with E-state index in [0.717, 1.165) is 17.8 Å². The van der Waals surface area contributed by atoms with Crippen LogP contribution in [0.1, 0.15) is 30.7 Å². The molecule has 0 saturated heterocycles. The number of benzene rings is 1. The molecule has 0 atom stereocenters. The Kier molecular flexibility index (Phi) is 5.21. The molecular formula is C17H21ClN2O. The predicted octanol–water partition coefficient (Wildman–Crippen LogP) is 4.64. The molecule has 0 amide bonds. The number of rotatable bonds is 5. The third-order valence-corrected chi connectivity index (χ3v) is 3.48. The van der Waals surface area contributed by atoms with Gasteiger partial charge in [-0.3, -0.25) is 0 Å². The van der Waals surface area contributed by atoms with E-state index in [0.29, 0.717) is 22.7 Å². The number of aryl methyl sites for hydroxylation is 2. The summed E-state index contributed by atoms with van der Waals surface area (Å²) in [7, 11) is 0. The van der Waals surface area contributed by atoms with Crippen molar-refractivity contribution in [3.63, 3.8) is 0 Å². The summed E-state index contributed by atoms with van der Waals surface area (Å²) < 4.78 is 5.79. The number of hydrogen-bond acceptors (Lipinski definition) is 3. The van der Waals surface area contributed by atoms with E-state index in [-0.39, 0.29) is 0 Å². The molecule has 1 heterocycles. The maximum atomic E-state index is 6.14. The number of halogens is 1. The second kappa shape index (κ2) is 6.92. The first kappa shape index (κ1) is 15.8. The summed E-state index contributed by atoms with van der Waals surface area (Å²) in [6.45, 7) is 9.05. The molecule has 0 spiro atoms. The fraction of sp³-hybridized carbons (Fsp3) is 0.353. The molecular weight excluding hydrogens is 284 g/mol. The van der Waals surface area contributed by atoms with Crippen LogP contribution in [-0.4, -0.2) is 11.0 Å². The zero-order valence-electron chi connectivity index (χ0n) is 12.9. The molecule has 0 saturated carbocycles. The Morgan fingerprint density at radius 2 is 1.95 bits per heavy atom. The van der Waals surface area contributed by atoms with Crippen molar-refractivity contribution in [2.75, 3.05) is 0 Å².